The molecular weight excluding hydrogens is 228 g/mol. The molecule has 0 saturated heterocycles. The van der Waals surface area contributed by atoms with Crippen LogP contribution in [-0.4, -0.2) is 14.5 Å². The predicted octanol–water partition coefficient (Wildman–Crippen LogP) is 1.44. The summed E-state index contributed by atoms with van der Waals surface area (Å²) in [6.07, 6.45) is 5.32. The minimum Gasteiger partial charge on any atom is -0.312 e. The Morgan fingerprint density at radius 3 is 2.72 bits per heavy atom. The van der Waals surface area contributed by atoms with Gasteiger partial charge in [0.15, 0.2) is 0 Å². The molecule has 2 aromatic rings. The fourth-order valence-corrected chi connectivity index (χ4v) is 1.95. The number of rotatable bonds is 5. The Morgan fingerprint density at radius 1 is 1.33 bits per heavy atom. The monoisotopic (exact) mass is 246 g/mol. The van der Waals surface area contributed by atoms with E-state index in [1.54, 1.807) is 23.2 Å². The molecule has 96 valence electrons. The molecule has 0 saturated carbocycles. The molecule has 5 nitrogen and oxygen atoms in total. The number of aromatic nitrogens is 3. The third kappa shape index (κ3) is 2.87. The lowest BCUT2D eigenvalue weighted by Crippen LogP contribution is -2.23. The van der Waals surface area contributed by atoms with Crippen molar-refractivity contribution in [3.63, 3.8) is 0 Å². The van der Waals surface area contributed by atoms with Gasteiger partial charge in [0.1, 0.15) is 0 Å². The molecule has 2 N–H and O–H groups in total. The number of nitrogens with one attached hydrogen (secondary N) is 2. The van der Waals surface area contributed by atoms with Crippen LogP contribution in [0, 0.1) is 0 Å². The van der Waals surface area contributed by atoms with Gasteiger partial charge < -0.3 is 10.3 Å². The summed E-state index contributed by atoms with van der Waals surface area (Å²) >= 11 is 0. The molecule has 0 aliphatic carbocycles. The molecule has 0 atom stereocenters. The smallest absolute Gasteiger partial charge is 0.312 e. The Kier molecular flexibility index (Phi) is 3.94. The Morgan fingerprint density at radius 2 is 2.06 bits per heavy atom. The lowest BCUT2D eigenvalue weighted by Gasteiger charge is -2.11. The van der Waals surface area contributed by atoms with E-state index in [0.717, 1.165) is 12.2 Å². The molecular formula is C13H18N4O. The third-order valence-corrected chi connectivity index (χ3v) is 2.79. The molecule has 2 aromatic heterocycles. The number of H-pyrrole nitrogens is 1. The van der Waals surface area contributed by atoms with Crippen LogP contribution in [-0.2, 0) is 13.1 Å². The normalized spacial score (nSPS) is 11.1. The maximum Gasteiger partial charge on any atom is 0.325 e. The zero-order valence-electron chi connectivity index (χ0n) is 10.7. The van der Waals surface area contributed by atoms with Crippen molar-refractivity contribution in [2.75, 3.05) is 0 Å². The molecule has 0 amide bonds. The third-order valence-electron chi connectivity index (χ3n) is 2.79. The van der Waals surface area contributed by atoms with Crippen molar-refractivity contribution < 1.29 is 0 Å². The van der Waals surface area contributed by atoms with Crippen molar-refractivity contribution in [1.29, 1.82) is 0 Å². The van der Waals surface area contributed by atoms with E-state index in [-0.39, 0.29) is 11.7 Å². The molecule has 0 aromatic carbocycles. The Labute approximate surface area is 106 Å². The average Bonchev–Trinajstić information content (AvgIpc) is 2.72. The van der Waals surface area contributed by atoms with Gasteiger partial charge >= 0.3 is 5.69 Å². The molecule has 2 heterocycles. The Bertz CT molecular complexity index is 542. The second-order valence-corrected chi connectivity index (χ2v) is 4.51. The summed E-state index contributed by atoms with van der Waals surface area (Å²) in [6, 6.07) is 4.11. The van der Waals surface area contributed by atoms with Gasteiger partial charge in [-0.05, 0) is 31.5 Å². The van der Waals surface area contributed by atoms with E-state index in [9.17, 15) is 4.79 Å². The van der Waals surface area contributed by atoms with Crippen LogP contribution in [0.1, 0.15) is 31.1 Å². The highest BCUT2D eigenvalue weighted by Gasteiger charge is 2.08. The Balaban J connectivity index is 1.97. The van der Waals surface area contributed by atoms with E-state index in [0.29, 0.717) is 6.54 Å². The second kappa shape index (κ2) is 5.64. The van der Waals surface area contributed by atoms with Crippen molar-refractivity contribution in [1.82, 2.24) is 19.9 Å². The van der Waals surface area contributed by atoms with Gasteiger partial charge in [-0.15, -0.1) is 0 Å². The minimum absolute atomic E-state index is 0.0503. The summed E-state index contributed by atoms with van der Waals surface area (Å²) in [6.45, 7) is 5.43. The summed E-state index contributed by atoms with van der Waals surface area (Å²) in [5, 5.41) is 3.32. The van der Waals surface area contributed by atoms with E-state index in [4.69, 9.17) is 0 Å². The van der Waals surface area contributed by atoms with Crippen LogP contribution in [0.25, 0.3) is 0 Å². The molecule has 0 aliphatic heterocycles. The topological polar surface area (TPSA) is 62.7 Å². The van der Waals surface area contributed by atoms with Crippen molar-refractivity contribution in [2.24, 2.45) is 0 Å². The maximum atomic E-state index is 11.6. The summed E-state index contributed by atoms with van der Waals surface area (Å²) in [4.78, 5) is 18.3. The zero-order valence-corrected chi connectivity index (χ0v) is 10.7. The first-order valence-corrected chi connectivity index (χ1v) is 6.07. The van der Waals surface area contributed by atoms with E-state index in [1.165, 1.54) is 5.56 Å². The first-order valence-electron chi connectivity index (χ1n) is 6.07. The number of imidazole rings is 1. The fraction of sp³-hybridized carbons (Fsp3) is 0.385. The number of hydrogen-bond acceptors (Lipinski definition) is 3. The van der Waals surface area contributed by atoms with Crippen molar-refractivity contribution >= 4 is 0 Å². The lowest BCUT2D eigenvalue weighted by atomic mass is 10.2. The van der Waals surface area contributed by atoms with Crippen LogP contribution in [0.15, 0.2) is 35.5 Å². The Hall–Kier alpha value is -1.88. The molecule has 18 heavy (non-hydrogen) atoms. The maximum absolute atomic E-state index is 11.6. The van der Waals surface area contributed by atoms with Gasteiger partial charge in [-0.3, -0.25) is 9.55 Å². The highest BCUT2D eigenvalue weighted by molar-refractivity contribution is 5.09. The average molecular weight is 246 g/mol. The van der Waals surface area contributed by atoms with Crippen molar-refractivity contribution in [2.45, 2.75) is 33.0 Å². The molecule has 5 heteroatoms. The largest absolute Gasteiger partial charge is 0.325 e. The number of hydrogen-bond donors (Lipinski definition) is 2. The number of nitrogens with zero attached hydrogens (tertiary/aromatic N) is 2. The van der Waals surface area contributed by atoms with E-state index in [1.807, 2.05) is 26.0 Å². The second-order valence-electron chi connectivity index (χ2n) is 4.51. The van der Waals surface area contributed by atoms with Crippen LogP contribution < -0.4 is 11.0 Å². The first-order chi connectivity index (χ1) is 8.68. The van der Waals surface area contributed by atoms with Crippen LogP contribution in [0.4, 0.5) is 0 Å². The van der Waals surface area contributed by atoms with Gasteiger partial charge in [0, 0.05) is 37.7 Å². The highest BCUT2D eigenvalue weighted by Crippen LogP contribution is 2.05. The summed E-state index contributed by atoms with van der Waals surface area (Å²) < 4.78 is 1.76. The van der Waals surface area contributed by atoms with Gasteiger partial charge in [0.25, 0.3) is 0 Å². The summed E-state index contributed by atoms with van der Waals surface area (Å²) in [5.41, 5.74) is 2.11. The van der Waals surface area contributed by atoms with Crippen molar-refractivity contribution in [3.8, 4) is 0 Å². The lowest BCUT2D eigenvalue weighted by molar-refractivity contribution is 0.536. The SMILES string of the molecule is CC(C)n1c(CNCc2ccncc2)c[nH]c1=O. The molecule has 0 unspecified atom stereocenters. The number of pyridine rings is 1. The van der Waals surface area contributed by atoms with Crippen molar-refractivity contribution in [3.05, 3.63) is 52.5 Å². The van der Waals surface area contributed by atoms with Gasteiger partial charge in [-0.1, -0.05) is 0 Å². The van der Waals surface area contributed by atoms with Gasteiger partial charge in [0.05, 0.1) is 5.69 Å². The molecule has 0 spiro atoms. The summed E-state index contributed by atoms with van der Waals surface area (Å²) in [5.74, 6) is 0. The van der Waals surface area contributed by atoms with E-state index >= 15 is 0 Å². The predicted molar refractivity (Wildman–Crippen MR) is 70.2 cm³/mol. The van der Waals surface area contributed by atoms with E-state index < -0.39 is 0 Å². The van der Waals surface area contributed by atoms with Crippen LogP contribution >= 0.6 is 0 Å². The molecule has 2 rings (SSSR count). The number of aromatic amines is 1. The molecule has 0 radical (unpaired) electrons. The van der Waals surface area contributed by atoms with Crippen LogP contribution in [0.2, 0.25) is 0 Å². The molecule has 0 bridgehead atoms. The zero-order chi connectivity index (χ0) is 13.0. The van der Waals surface area contributed by atoms with Crippen LogP contribution in [0.3, 0.4) is 0 Å². The van der Waals surface area contributed by atoms with Crippen LogP contribution in [0.5, 0.6) is 0 Å². The van der Waals surface area contributed by atoms with Gasteiger partial charge in [-0.2, -0.15) is 0 Å². The standard InChI is InChI=1S/C13H18N4O/c1-10(2)17-12(9-16-13(17)18)8-15-7-11-3-5-14-6-4-11/h3-6,9-10,15H,7-8H2,1-2H3,(H,16,18). The minimum atomic E-state index is -0.0503. The highest BCUT2D eigenvalue weighted by atomic mass is 16.1. The first kappa shape index (κ1) is 12.6. The van der Waals surface area contributed by atoms with Gasteiger partial charge in [0.2, 0.25) is 0 Å². The molecule has 0 fully saturated rings. The molecule has 0 aliphatic rings. The fourth-order valence-electron chi connectivity index (χ4n) is 1.95. The van der Waals surface area contributed by atoms with E-state index in [2.05, 4.69) is 15.3 Å². The summed E-state index contributed by atoms with van der Waals surface area (Å²) in [7, 11) is 0. The van der Waals surface area contributed by atoms with Gasteiger partial charge in [-0.25, -0.2) is 4.79 Å². The quantitative estimate of drug-likeness (QED) is 0.839.